The number of pyridine rings is 2. The lowest BCUT2D eigenvalue weighted by atomic mass is 10.1. The van der Waals surface area contributed by atoms with Crippen LogP contribution in [0.3, 0.4) is 0 Å². The van der Waals surface area contributed by atoms with Crippen LogP contribution in [0.15, 0.2) is 42.9 Å². The molecule has 0 fully saturated rings. The number of hydrogen-bond donors (Lipinski definition) is 2. The van der Waals surface area contributed by atoms with E-state index in [0.717, 1.165) is 23.9 Å². The van der Waals surface area contributed by atoms with Crippen LogP contribution in [-0.4, -0.2) is 23.3 Å². The van der Waals surface area contributed by atoms with Gasteiger partial charge >= 0.3 is 0 Å². The Morgan fingerprint density at radius 1 is 1.04 bits per heavy atom. The summed E-state index contributed by atoms with van der Waals surface area (Å²) >= 11 is 0. The summed E-state index contributed by atoms with van der Waals surface area (Å²) in [6.45, 7) is 0.363. The topological polar surface area (TPSA) is 70.9 Å². The lowest BCUT2D eigenvalue weighted by Crippen LogP contribution is -2.05. The first-order chi connectivity index (χ1) is 13.0. The molecule has 27 heavy (non-hydrogen) atoms. The van der Waals surface area contributed by atoms with Gasteiger partial charge in [-0.3, -0.25) is 9.97 Å². The van der Waals surface area contributed by atoms with Crippen molar-refractivity contribution in [2.24, 2.45) is 0 Å². The molecule has 0 spiro atoms. The van der Waals surface area contributed by atoms with Gasteiger partial charge in [-0.15, -0.1) is 0 Å². The first kappa shape index (κ1) is 18.4. The number of rotatable bonds is 6. The van der Waals surface area contributed by atoms with Gasteiger partial charge in [0.2, 0.25) is 0 Å². The molecule has 2 N–H and O–H groups in total. The van der Waals surface area contributed by atoms with E-state index >= 15 is 0 Å². The molecule has 138 valence electrons. The van der Waals surface area contributed by atoms with Crippen LogP contribution >= 0.6 is 0 Å². The molecule has 3 aromatic rings. The molecule has 0 aliphatic carbocycles. The number of halogens is 3. The zero-order valence-electron chi connectivity index (χ0n) is 14.3. The molecule has 5 nitrogen and oxygen atoms in total. The number of methoxy groups -OCH3 is 1. The summed E-state index contributed by atoms with van der Waals surface area (Å²) in [5.41, 5.74) is 2.17. The number of anilines is 1. The number of nitrogens with zero attached hydrogens (tertiary/aromatic N) is 2. The molecule has 8 heteroatoms. The van der Waals surface area contributed by atoms with Gasteiger partial charge in [0.1, 0.15) is 11.4 Å². The molecule has 0 radical (unpaired) electrons. The number of aromatic nitrogens is 2. The van der Waals surface area contributed by atoms with Crippen LogP contribution in [0.25, 0.3) is 11.1 Å². The Morgan fingerprint density at radius 3 is 2.44 bits per heavy atom. The summed E-state index contributed by atoms with van der Waals surface area (Å²) in [6, 6.07) is 5.18. The monoisotopic (exact) mass is 372 g/mol. The molecule has 0 saturated heterocycles. The van der Waals surface area contributed by atoms with Gasteiger partial charge in [0.05, 0.1) is 19.0 Å². The van der Waals surface area contributed by atoms with Crippen LogP contribution in [0, 0.1) is 22.9 Å². The lowest BCUT2D eigenvalue weighted by Gasteiger charge is -2.12. The van der Waals surface area contributed by atoms with Gasteiger partial charge in [-0.05, 0) is 35.4 Å². The van der Waals surface area contributed by atoms with E-state index in [1.54, 1.807) is 24.5 Å². The average molecular weight is 372 g/mol. The van der Waals surface area contributed by atoms with E-state index in [-0.39, 0.29) is 5.56 Å². The van der Waals surface area contributed by atoms with Crippen molar-refractivity contribution in [3.8, 4) is 16.9 Å². The van der Waals surface area contributed by atoms with E-state index in [4.69, 9.17) is 10.1 Å². The minimum Gasteiger partial charge on any atom is -0.495 e. The summed E-state index contributed by atoms with van der Waals surface area (Å²) in [6.07, 6.45) is 5.65. The number of hydrogen-bond acceptors (Lipinski definition) is 5. The maximum Gasteiger partial charge on any atom is 0.194 e. The predicted molar refractivity (Wildman–Crippen MR) is 95.5 cm³/mol. The van der Waals surface area contributed by atoms with Crippen molar-refractivity contribution in [1.82, 2.24) is 9.97 Å². The summed E-state index contributed by atoms with van der Waals surface area (Å²) in [5.74, 6) is -3.48. The van der Waals surface area contributed by atoms with Crippen molar-refractivity contribution in [2.75, 3.05) is 12.4 Å². The highest BCUT2D eigenvalue weighted by Crippen LogP contribution is 2.27. The normalized spacial score (nSPS) is 10.5. The summed E-state index contributed by atoms with van der Waals surface area (Å²) in [4.78, 5) is 8.18. The van der Waals surface area contributed by atoms with Crippen LogP contribution in [0.5, 0.6) is 5.75 Å². The van der Waals surface area contributed by atoms with Gasteiger partial charge in [0.15, 0.2) is 17.5 Å². The van der Waals surface area contributed by atoms with E-state index in [2.05, 4.69) is 15.3 Å². The summed E-state index contributed by atoms with van der Waals surface area (Å²) in [5, 5.41) is 10.6. The molecule has 2 heterocycles. The van der Waals surface area contributed by atoms with Crippen LogP contribution in [-0.2, 0) is 6.54 Å². The third-order valence-corrected chi connectivity index (χ3v) is 3.86. The SMILES string of the molecule is COc1cncc(CNc2cc(-c3cc(F)c(F)c(F)c3)cnc2C=N)c1. The third kappa shape index (κ3) is 4.05. The fourth-order valence-corrected chi connectivity index (χ4v) is 2.48. The van der Waals surface area contributed by atoms with Gasteiger partial charge in [0.25, 0.3) is 0 Å². The van der Waals surface area contributed by atoms with Crippen molar-refractivity contribution in [2.45, 2.75) is 6.54 Å². The van der Waals surface area contributed by atoms with Crippen molar-refractivity contribution in [3.63, 3.8) is 0 Å². The summed E-state index contributed by atoms with van der Waals surface area (Å²) in [7, 11) is 1.54. The maximum absolute atomic E-state index is 13.5. The van der Waals surface area contributed by atoms with E-state index in [9.17, 15) is 13.2 Å². The Labute approximate surface area is 153 Å². The van der Waals surface area contributed by atoms with Gasteiger partial charge in [0, 0.05) is 30.7 Å². The zero-order valence-corrected chi connectivity index (χ0v) is 14.3. The van der Waals surface area contributed by atoms with Gasteiger partial charge < -0.3 is 15.5 Å². The smallest absolute Gasteiger partial charge is 0.194 e. The Hall–Kier alpha value is -3.42. The molecule has 2 aromatic heterocycles. The molecule has 1 aromatic carbocycles. The maximum atomic E-state index is 13.5. The Kier molecular flexibility index (Phi) is 5.35. The standard InChI is InChI=1S/C19H15F3N4O/c1-27-14-2-11(7-24-10-14)8-25-17-5-13(9-26-18(17)6-23)12-3-15(20)19(22)16(21)4-12/h2-7,9-10,23,25H,8H2,1H3. The zero-order chi connectivity index (χ0) is 19.4. The van der Waals surface area contributed by atoms with E-state index in [1.807, 2.05) is 0 Å². The van der Waals surface area contributed by atoms with Gasteiger partial charge in [-0.2, -0.15) is 0 Å². The van der Waals surface area contributed by atoms with Crippen molar-refractivity contribution >= 4 is 11.9 Å². The second-order valence-electron chi connectivity index (χ2n) is 5.64. The minimum atomic E-state index is -1.52. The highest BCUT2D eigenvalue weighted by molar-refractivity contribution is 5.85. The number of ether oxygens (including phenoxy) is 1. The van der Waals surface area contributed by atoms with Crippen LogP contribution in [0.4, 0.5) is 18.9 Å². The Balaban J connectivity index is 1.90. The predicted octanol–water partition coefficient (Wildman–Crippen LogP) is 4.18. The quantitative estimate of drug-likeness (QED) is 0.503. The first-order valence-corrected chi connectivity index (χ1v) is 7.89. The van der Waals surface area contributed by atoms with Crippen molar-refractivity contribution in [3.05, 3.63) is 71.6 Å². The molecule has 0 aliphatic rings. The number of benzene rings is 1. The Morgan fingerprint density at radius 2 is 1.78 bits per heavy atom. The molecule has 0 amide bonds. The molecular weight excluding hydrogens is 357 g/mol. The average Bonchev–Trinajstić information content (AvgIpc) is 2.70. The fraction of sp³-hybridized carbons (Fsp3) is 0.105. The fourth-order valence-electron chi connectivity index (χ4n) is 2.48. The summed E-state index contributed by atoms with van der Waals surface area (Å²) < 4.78 is 45.3. The second kappa shape index (κ2) is 7.86. The van der Waals surface area contributed by atoms with Crippen LogP contribution < -0.4 is 10.1 Å². The van der Waals surface area contributed by atoms with Gasteiger partial charge in [-0.25, -0.2) is 13.2 Å². The van der Waals surface area contributed by atoms with E-state index < -0.39 is 17.5 Å². The minimum absolute atomic E-state index is 0.140. The molecule has 0 aliphatic heterocycles. The molecule has 3 rings (SSSR count). The highest BCUT2D eigenvalue weighted by atomic mass is 19.2. The lowest BCUT2D eigenvalue weighted by molar-refractivity contribution is 0.412. The van der Waals surface area contributed by atoms with Crippen LogP contribution in [0.2, 0.25) is 0 Å². The highest BCUT2D eigenvalue weighted by Gasteiger charge is 2.13. The van der Waals surface area contributed by atoms with Crippen LogP contribution in [0.1, 0.15) is 11.3 Å². The second-order valence-corrected chi connectivity index (χ2v) is 5.64. The first-order valence-electron chi connectivity index (χ1n) is 7.89. The molecule has 0 bridgehead atoms. The largest absolute Gasteiger partial charge is 0.495 e. The van der Waals surface area contributed by atoms with E-state index in [1.165, 1.54) is 13.3 Å². The molecular formula is C19H15F3N4O. The van der Waals surface area contributed by atoms with Crippen molar-refractivity contribution < 1.29 is 17.9 Å². The van der Waals surface area contributed by atoms with Crippen molar-refractivity contribution in [1.29, 1.82) is 5.41 Å². The molecule has 0 unspecified atom stereocenters. The van der Waals surface area contributed by atoms with Gasteiger partial charge in [-0.1, -0.05) is 0 Å². The Bertz CT molecular complexity index is 971. The molecule has 0 saturated carbocycles. The number of nitrogens with one attached hydrogen (secondary N) is 2. The van der Waals surface area contributed by atoms with E-state index in [0.29, 0.717) is 29.2 Å². The molecule has 0 atom stereocenters. The third-order valence-electron chi connectivity index (χ3n) is 3.86.